The van der Waals surface area contributed by atoms with Crippen LogP contribution in [0, 0.1) is 18.7 Å². The van der Waals surface area contributed by atoms with Gasteiger partial charge in [0, 0.05) is 26.2 Å². The molecule has 8 heteroatoms. The van der Waals surface area contributed by atoms with Crippen molar-refractivity contribution in [3.05, 3.63) is 29.6 Å². The Labute approximate surface area is 129 Å². The first-order valence-electron chi connectivity index (χ1n) is 6.93. The number of carbonyl (C=O) groups is 1. The van der Waals surface area contributed by atoms with Crippen LogP contribution < -0.4 is 10.0 Å². The zero-order chi connectivity index (χ0) is 16.5. The van der Waals surface area contributed by atoms with Gasteiger partial charge in [-0.3, -0.25) is 4.79 Å². The van der Waals surface area contributed by atoms with Crippen LogP contribution in [-0.2, 0) is 14.8 Å². The van der Waals surface area contributed by atoms with Gasteiger partial charge in [-0.2, -0.15) is 0 Å². The molecule has 0 radical (unpaired) electrons. The Kier molecular flexibility index (Phi) is 4.84. The lowest BCUT2D eigenvalue weighted by Gasteiger charge is -2.19. The summed E-state index contributed by atoms with van der Waals surface area (Å²) in [5.74, 6) is -1.30. The molecule has 1 saturated heterocycles. The monoisotopic (exact) mass is 329 g/mol. The summed E-state index contributed by atoms with van der Waals surface area (Å²) in [5.41, 5.74) is 0.455. The van der Waals surface area contributed by atoms with Crippen LogP contribution in [0.2, 0.25) is 0 Å². The zero-order valence-corrected chi connectivity index (χ0v) is 13.6. The third-order valence-electron chi connectivity index (χ3n) is 3.83. The van der Waals surface area contributed by atoms with Crippen LogP contribution in [0.5, 0.6) is 0 Å². The number of sulfonamides is 1. The van der Waals surface area contributed by atoms with Crippen molar-refractivity contribution in [2.24, 2.45) is 5.92 Å². The molecule has 2 atom stereocenters. The van der Waals surface area contributed by atoms with E-state index in [4.69, 9.17) is 0 Å². The largest absolute Gasteiger partial charge is 0.359 e. The first-order chi connectivity index (χ1) is 10.2. The number of nitrogens with one attached hydrogen (secondary N) is 2. The lowest BCUT2D eigenvalue weighted by atomic mass is 10.0. The number of rotatable bonds is 4. The summed E-state index contributed by atoms with van der Waals surface area (Å²) >= 11 is 0. The summed E-state index contributed by atoms with van der Waals surface area (Å²) in [4.78, 5) is 13.7. The first-order valence-corrected chi connectivity index (χ1v) is 8.41. The molecule has 6 nitrogen and oxygen atoms in total. The van der Waals surface area contributed by atoms with E-state index in [0.717, 1.165) is 6.07 Å². The molecule has 0 unspecified atom stereocenters. The highest BCUT2D eigenvalue weighted by molar-refractivity contribution is 7.89. The van der Waals surface area contributed by atoms with E-state index in [1.807, 2.05) is 11.9 Å². The molecule has 2 rings (SSSR count). The number of likely N-dealkylation sites (N-methyl/N-ethyl adjacent to an activating group) is 1. The van der Waals surface area contributed by atoms with Crippen LogP contribution in [0.3, 0.4) is 0 Å². The van der Waals surface area contributed by atoms with Crippen LogP contribution in [0.25, 0.3) is 0 Å². The van der Waals surface area contributed by atoms with Crippen LogP contribution in [0.1, 0.15) is 5.56 Å². The predicted molar refractivity (Wildman–Crippen MR) is 80.3 cm³/mol. The van der Waals surface area contributed by atoms with Crippen molar-refractivity contribution in [3.63, 3.8) is 0 Å². The lowest BCUT2D eigenvalue weighted by molar-refractivity contribution is -0.124. The Morgan fingerprint density at radius 2 is 2.05 bits per heavy atom. The number of nitrogens with zero attached hydrogens (tertiary/aromatic N) is 1. The summed E-state index contributed by atoms with van der Waals surface area (Å²) in [6.45, 7) is 2.49. The smallest absolute Gasteiger partial charge is 0.241 e. The fourth-order valence-corrected chi connectivity index (χ4v) is 4.22. The Morgan fingerprint density at radius 3 is 2.68 bits per heavy atom. The molecule has 1 aliphatic heterocycles. The second kappa shape index (κ2) is 6.31. The van der Waals surface area contributed by atoms with Gasteiger partial charge >= 0.3 is 0 Å². The van der Waals surface area contributed by atoms with Gasteiger partial charge in [0.25, 0.3) is 0 Å². The summed E-state index contributed by atoms with van der Waals surface area (Å²) in [6, 6.07) is 3.08. The highest BCUT2D eigenvalue weighted by Crippen LogP contribution is 2.21. The molecule has 1 aromatic carbocycles. The minimum atomic E-state index is -3.89. The van der Waals surface area contributed by atoms with Crippen LogP contribution in [0.4, 0.5) is 4.39 Å². The maximum Gasteiger partial charge on any atom is 0.241 e. The van der Waals surface area contributed by atoms with Crippen LogP contribution in [0.15, 0.2) is 23.1 Å². The van der Waals surface area contributed by atoms with E-state index in [9.17, 15) is 17.6 Å². The number of aryl methyl sites for hydroxylation is 1. The topological polar surface area (TPSA) is 78.5 Å². The van der Waals surface area contributed by atoms with E-state index < -0.39 is 27.8 Å². The van der Waals surface area contributed by atoms with Crippen molar-refractivity contribution in [2.75, 3.05) is 27.2 Å². The standard InChI is InChI=1S/C14H20FN3O3S/c1-9-4-5-10(15)6-13(9)22(20,21)17-12-8-18(3)7-11(12)14(19)16-2/h4-6,11-12,17H,7-8H2,1-3H3,(H,16,19)/t11-,12-/m0/s1. The third-order valence-corrected chi connectivity index (χ3v) is 5.46. The minimum absolute atomic E-state index is 0.0993. The molecule has 1 fully saturated rings. The third kappa shape index (κ3) is 3.45. The number of benzene rings is 1. The van der Waals surface area contributed by atoms with Crippen LogP contribution >= 0.6 is 0 Å². The Morgan fingerprint density at radius 1 is 1.36 bits per heavy atom. The van der Waals surface area contributed by atoms with Gasteiger partial charge in [-0.1, -0.05) is 6.07 Å². The predicted octanol–water partition coefficient (Wildman–Crippen LogP) is 0.0886. The van der Waals surface area contributed by atoms with Crippen molar-refractivity contribution >= 4 is 15.9 Å². The maximum absolute atomic E-state index is 13.3. The van der Waals surface area contributed by atoms with Crippen molar-refractivity contribution in [2.45, 2.75) is 17.9 Å². The highest BCUT2D eigenvalue weighted by atomic mass is 32.2. The molecular weight excluding hydrogens is 309 g/mol. The second-order valence-corrected chi connectivity index (χ2v) is 7.26. The number of likely N-dealkylation sites (tertiary alicyclic amines) is 1. The van der Waals surface area contributed by atoms with Gasteiger partial charge in [0.2, 0.25) is 15.9 Å². The molecule has 1 heterocycles. The van der Waals surface area contributed by atoms with Gasteiger partial charge in [0.05, 0.1) is 10.8 Å². The molecule has 2 N–H and O–H groups in total. The molecule has 0 aromatic heterocycles. The molecule has 1 aromatic rings. The summed E-state index contributed by atoms with van der Waals surface area (Å²) in [7, 11) is -0.558. The summed E-state index contributed by atoms with van der Waals surface area (Å²) in [6.07, 6.45) is 0. The Balaban J connectivity index is 2.27. The number of carbonyl (C=O) groups excluding carboxylic acids is 1. The lowest BCUT2D eigenvalue weighted by Crippen LogP contribution is -2.45. The zero-order valence-electron chi connectivity index (χ0n) is 12.8. The fourth-order valence-electron chi connectivity index (χ4n) is 2.70. The van der Waals surface area contributed by atoms with Gasteiger partial charge in [0.15, 0.2) is 0 Å². The normalized spacial score (nSPS) is 22.7. The molecule has 1 aliphatic rings. The summed E-state index contributed by atoms with van der Waals surface area (Å²) in [5, 5.41) is 2.54. The van der Waals surface area contributed by atoms with Gasteiger partial charge in [-0.15, -0.1) is 0 Å². The number of hydrogen-bond donors (Lipinski definition) is 2. The molecule has 0 bridgehead atoms. The van der Waals surface area contributed by atoms with Gasteiger partial charge in [-0.05, 0) is 31.7 Å². The Hall–Kier alpha value is -1.51. The molecule has 122 valence electrons. The molecule has 22 heavy (non-hydrogen) atoms. The van der Waals surface area contributed by atoms with Gasteiger partial charge < -0.3 is 10.2 Å². The van der Waals surface area contributed by atoms with Crippen molar-refractivity contribution < 1.29 is 17.6 Å². The number of amides is 1. The van der Waals surface area contributed by atoms with E-state index >= 15 is 0 Å². The Bertz CT molecular complexity index is 678. The molecule has 1 amide bonds. The van der Waals surface area contributed by atoms with Crippen molar-refractivity contribution in [1.29, 1.82) is 0 Å². The van der Waals surface area contributed by atoms with E-state index in [-0.39, 0.29) is 10.8 Å². The number of halogens is 1. The average molecular weight is 329 g/mol. The molecule has 0 aliphatic carbocycles. The maximum atomic E-state index is 13.3. The molecule has 0 saturated carbocycles. The van der Waals surface area contributed by atoms with Crippen LogP contribution in [-0.4, -0.2) is 52.5 Å². The molecular formula is C14H20FN3O3S. The van der Waals surface area contributed by atoms with E-state index in [0.29, 0.717) is 18.7 Å². The quantitative estimate of drug-likeness (QED) is 0.821. The van der Waals surface area contributed by atoms with Gasteiger partial charge in [-0.25, -0.2) is 17.5 Å². The SMILES string of the molecule is CNC(=O)[C@H]1CN(C)C[C@@H]1NS(=O)(=O)c1cc(F)ccc1C. The fraction of sp³-hybridized carbons (Fsp3) is 0.500. The highest BCUT2D eigenvalue weighted by Gasteiger charge is 2.38. The van der Waals surface area contributed by atoms with Crippen molar-refractivity contribution in [3.8, 4) is 0 Å². The minimum Gasteiger partial charge on any atom is -0.359 e. The number of hydrogen-bond acceptors (Lipinski definition) is 4. The second-order valence-electron chi connectivity index (χ2n) is 5.58. The van der Waals surface area contributed by atoms with Crippen molar-refractivity contribution in [1.82, 2.24) is 14.9 Å². The van der Waals surface area contributed by atoms with E-state index in [2.05, 4.69) is 10.0 Å². The molecule has 0 spiro atoms. The average Bonchev–Trinajstić information content (AvgIpc) is 2.80. The first kappa shape index (κ1) is 16.9. The van der Waals surface area contributed by atoms with Gasteiger partial charge in [0.1, 0.15) is 5.82 Å². The van der Waals surface area contributed by atoms with E-state index in [1.165, 1.54) is 19.2 Å². The summed E-state index contributed by atoms with van der Waals surface area (Å²) < 4.78 is 40.9. The van der Waals surface area contributed by atoms with E-state index in [1.54, 1.807) is 6.92 Å².